The summed E-state index contributed by atoms with van der Waals surface area (Å²) in [5.74, 6) is 0.585. The second-order valence-corrected chi connectivity index (χ2v) is 6.73. The van der Waals surface area contributed by atoms with Gasteiger partial charge in [-0.25, -0.2) is 4.79 Å². The van der Waals surface area contributed by atoms with Crippen LogP contribution in [0.5, 0.6) is 5.75 Å². The fourth-order valence-corrected chi connectivity index (χ4v) is 2.56. The van der Waals surface area contributed by atoms with Crippen molar-refractivity contribution in [2.45, 2.75) is 26.7 Å². The summed E-state index contributed by atoms with van der Waals surface area (Å²) in [5.41, 5.74) is 3.01. The van der Waals surface area contributed by atoms with Gasteiger partial charge < -0.3 is 14.8 Å². The van der Waals surface area contributed by atoms with Gasteiger partial charge in [0.1, 0.15) is 5.75 Å². The van der Waals surface area contributed by atoms with Crippen LogP contribution in [0.3, 0.4) is 0 Å². The van der Waals surface area contributed by atoms with E-state index in [1.807, 2.05) is 32.9 Å². The van der Waals surface area contributed by atoms with Crippen molar-refractivity contribution in [1.82, 2.24) is 0 Å². The number of amides is 2. The summed E-state index contributed by atoms with van der Waals surface area (Å²) in [6, 6.07) is 10.4. The van der Waals surface area contributed by atoms with Crippen LogP contribution >= 0.6 is 11.6 Å². The fraction of sp³-hybridized carbons (Fsp3) is 0.300. The molecule has 6 nitrogen and oxygen atoms in total. The number of rotatable bonds is 6. The predicted octanol–water partition coefficient (Wildman–Crippen LogP) is 4.97. The molecule has 0 aliphatic rings. The second-order valence-electron chi connectivity index (χ2n) is 6.32. The summed E-state index contributed by atoms with van der Waals surface area (Å²) in [5, 5.41) is 5.96. The van der Waals surface area contributed by atoms with Gasteiger partial charge in [0.2, 0.25) is 0 Å². The Morgan fingerprint density at radius 1 is 1.07 bits per heavy atom. The fourth-order valence-electron chi connectivity index (χ4n) is 2.39. The number of halogens is 1. The summed E-state index contributed by atoms with van der Waals surface area (Å²) >= 11 is 6.18. The van der Waals surface area contributed by atoms with Crippen LogP contribution in [0.25, 0.3) is 0 Å². The van der Waals surface area contributed by atoms with Crippen molar-refractivity contribution in [3.8, 4) is 5.75 Å². The highest BCUT2D eigenvalue weighted by Gasteiger charge is 2.13. The Morgan fingerprint density at radius 2 is 1.67 bits per heavy atom. The zero-order valence-electron chi connectivity index (χ0n) is 15.8. The van der Waals surface area contributed by atoms with Crippen LogP contribution in [0.15, 0.2) is 36.4 Å². The van der Waals surface area contributed by atoms with Crippen LogP contribution < -0.4 is 15.4 Å². The minimum atomic E-state index is -0.556. The molecule has 0 bridgehead atoms. The number of hydrogen-bond donors (Lipinski definition) is 2. The van der Waals surface area contributed by atoms with Crippen LogP contribution in [-0.2, 0) is 9.53 Å². The lowest BCUT2D eigenvalue weighted by Crippen LogP contribution is -2.20. The van der Waals surface area contributed by atoms with Crippen molar-refractivity contribution in [3.05, 3.63) is 52.5 Å². The number of anilines is 2. The Balaban J connectivity index is 1.97. The minimum absolute atomic E-state index is 0.122. The van der Waals surface area contributed by atoms with Gasteiger partial charge in [-0.15, -0.1) is 0 Å². The molecule has 0 aliphatic heterocycles. The zero-order chi connectivity index (χ0) is 20.0. The van der Waals surface area contributed by atoms with Gasteiger partial charge >= 0.3 is 6.09 Å². The van der Waals surface area contributed by atoms with Crippen molar-refractivity contribution < 1.29 is 19.1 Å². The van der Waals surface area contributed by atoms with Gasteiger partial charge in [0.15, 0.2) is 6.61 Å². The molecule has 0 spiro atoms. The molecule has 0 aromatic heterocycles. The molecule has 0 fully saturated rings. The van der Waals surface area contributed by atoms with Crippen molar-refractivity contribution in [2.24, 2.45) is 0 Å². The molecule has 27 heavy (non-hydrogen) atoms. The SMILES string of the molecule is COC(=O)Nc1ccc(NC(=O)COc2cc(C)c(Cl)cc2C(C)C)cc1. The topological polar surface area (TPSA) is 76.7 Å². The molecule has 0 aliphatic carbocycles. The maximum Gasteiger partial charge on any atom is 0.411 e. The molecule has 0 unspecified atom stereocenters. The van der Waals surface area contributed by atoms with E-state index in [0.717, 1.165) is 11.1 Å². The number of aryl methyl sites for hydroxylation is 1. The first kappa shape index (κ1) is 20.6. The summed E-state index contributed by atoms with van der Waals surface area (Å²) in [4.78, 5) is 23.3. The molecular formula is C20H23ClN2O4. The van der Waals surface area contributed by atoms with Crippen LogP contribution in [0.2, 0.25) is 5.02 Å². The van der Waals surface area contributed by atoms with Gasteiger partial charge in [0.25, 0.3) is 5.91 Å². The molecule has 2 N–H and O–H groups in total. The Hall–Kier alpha value is -2.73. The average molecular weight is 391 g/mol. The van der Waals surface area contributed by atoms with E-state index in [-0.39, 0.29) is 18.4 Å². The highest BCUT2D eigenvalue weighted by Crippen LogP contribution is 2.32. The molecular weight excluding hydrogens is 368 g/mol. The number of nitrogens with one attached hydrogen (secondary N) is 2. The molecule has 144 valence electrons. The normalized spacial score (nSPS) is 10.4. The number of benzene rings is 2. The lowest BCUT2D eigenvalue weighted by molar-refractivity contribution is -0.118. The third kappa shape index (κ3) is 5.89. The van der Waals surface area contributed by atoms with Crippen LogP contribution in [0.4, 0.5) is 16.2 Å². The van der Waals surface area contributed by atoms with E-state index in [0.29, 0.717) is 22.1 Å². The first-order valence-corrected chi connectivity index (χ1v) is 8.85. The Bertz CT molecular complexity index is 819. The number of carbonyl (C=O) groups is 2. The summed E-state index contributed by atoms with van der Waals surface area (Å²) < 4.78 is 10.2. The Kier molecular flexibility index (Phi) is 7.07. The van der Waals surface area contributed by atoms with Crippen LogP contribution in [0, 0.1) is 6.92 Å². The lowest BCUT2D eigenvalue weighted by atomic mass is 10.0. The second kappa shape index (κ2) is 9.28. The molecule has 2 rings (SSSR count). The van der Waals surface area contributed by atoms with Crippen molar-refractivity contribution in [3.63, 3.8) is 0 Å². The van der Waals surface area contributed by atoms with E-state index >= 15 is 0 Å². The minimum Gasteiger partial charge on any atom is -0.483 e. The van der Waals surface area contributed by atoms with Crippen molar-refractivity contribution >= 4 is 35.0 Å². The molecule has 0 saturated heterocycles. The van der Waals surface area contributed by atoms with Gasteiger partial charge in [0.05, 0.1) is 7.11 Å². The number of ether oxygens (including phenoxy) is 2. The Morgan fingerprint density at radius 3 is 2.22 bits per heavy atom. The van der Waals surface area contributed by atoms with E-state index in [1.54, 1.807) is 24.3 Å². The summed E-state index contributed by atoms with van der Waals surface area (Å²) in [7, 11) is 1.29. The first-order valence-electron chi connectivity index (χ1n) is 8.48. The smallest absolute Gasteiger partial charge is 0.411 e. The quantitative estimate of drug-likeness (QED) is 0.730. The third-order valence-corrected chi connectivity index (χ3v) is 4.28. The van der Waals surface area contributed by atoms with Crippen LogP contribution in [0.1, 0.15) is 30.9 Å². The van der Waals surface area contributed by atoms with E-state index in [1.165, 1.54) is 7.11 Å². The number of hydrogen-bond acceptors (Lipinski definition) is 4. The summed E-state index contributed by atoms with van der Waals surface area (Å²) in [6.07, 6.45) is -0.556. The molecule has 0 radical (unpaired) electrons. The van der Waals surface area contributed by atoms with Crippen LogP contribution in [-0.4, -0.2) is 25.7 Å². The van der Waals surface area contributed by atoms with Gasteiger partial charge in [-0.2, -0.15) is 0 Å². The molecule has 0 atom stereocenters. The maximum atomic E-state index is 12.2. The number of carbonyl (C=O) groups excluding carboxylic acids is 2. The van der Waals surface area contributed by atoms with Gasteiger partial charge in [-0.3, -0.25) is 10.1 Å². The van der Waals surface area contributed by atoms with Gasteiger partial charge in [-0.05, 0) is 60.4 Å². The molecule has 0 heterocycles. The van der Waals surface area contributed by atoms with E-state index in [9.17, 15) is 9.59 Å². The largest absolute Gasteiger partial charge is 0.483 e. The van der Waals surface area contributed by atoms with Gasteiger partial charge in [0, 0.05) is 16.4 Å². The molecule has 2 amide bonds. The van der Waals surface area contributed by atoms with Crippen molar-refractivity contribution in [1.29, 1.82) is 0 Å². The lowest BCUT2D eigenvalue weighted by Gasteiger charge is -2.16. The van der Waals surface area contributed by atoms with Crippen molar-refractivity contribution in [2.75, 3.05) is 24.4 Å². The molecule has 2 aromatic rings. The summed E-state index contributed by atoms with van der Waals surface area (Å²) in [6.45, 7) is 5.85. The maximum absolute atomic E-state index is 12.2. The van der Waals surface area contributed by atoms with E-state index in [2.05, 4.69) is 15.4 Å². The van der Waals surface area contributed by atoms with Gasteiger partial charge in [-0.1, -0.05) is 25.4 Å². The van der Waals surface area contributed by atoms with E-state index < -0.39 is 6.09 Å². The molecule has 2 aromatic carbocycles. The zero-order valence-corrected chi connectivity index (χ0v) is 16.5. The number of methoxy groups -OCH3 is 1. The molecule has 7 heteroatoms. The highest BCUT2D eigenvalue weighted by molar-refractivity contribution is 6.31. The first-order chi connectivity index (χ1) is 12.8. The van der Waals surface area contributed by atoms with E-state index in [4.69, 9.17) is 16.3 Å². The average Bonchev–Trinajstić information content (AvgIpc) is 2.63. The highest BCUT2D eigenvalue weighted by atomic mass is 35.5. The standard InChI is InChI=1S/C20H23ClN2O4/c1-12(2)16-10-17(21)13(3)9-18(16)27-11-19(24)22-14-5-7-15(8-6-14)23-20(25)26-4/h5-10,12H,11H2,1-4H3,(H,22,24)(H,23,25). The monoisotopic (exact) mass is 390 g/mol. The third-order valence-electron chi connectivity index (χ3n) is 3.87. The Labute approximate surface area is 163 Å². The molecule has 0 saturated carbocycles. The predicted molar refractivity (Wildman–Crippen MR) is 107 cm³/mol.